The molecule has 2 aliphatic rings. The third kappa shape index (κ3) is 4.67. The number of sulfone groups is 1. The van der Waals surface area contributed by atoms with Crippen molar-refractivity contribution in [3.8, 4) is 0 Å². The number of carbonyl (C=O) groups excluding carboxylic acids is 2. The van der Waals surface area contributed by atoms with Crippen molar-refractivity contribution >= 4 is 21.7 Å². The quantitative estimate of drug-likeness (QED) is 0.725. The highest BCUT2D eigenvalue weighted by Gasteiger charge is 2.34. The summed E-state index contributed by atoms with van der Waals surface area (Å²) < 4.78 is 28.4. The summed E-state index contributed by atoms with van der Waals surface area (Å²) in [6.45, 7) is 2.42. The lowest BCUT2D eigenvalue weighted by atomic mass is 10.2. The zero-order valence-corrected chi connectivity index (χ0v) is 13.0. The molecular formula is C13H22N2O5S. The van der Waals surface area contributed by atoms with Crippen molar-refractivity contribution in [2.24, 2.45) is 0 Å². The molecule has 0 radical (unpaired) electrons. The first-order chi connectivity index (χ1) is 9.87. The highest BCUT2D eigenvalue weighted by molar-refractivity contribution is 7.91. The second-order valence-corrected chi connectivity index (χ2v) is 7.87. The van der Waals surface area contributed by atoms with E-state index in [2.05, 4.69) is 5.32 Å². The minimum Gasteiger partial charge on any atom is -0.376 e. The summed E-state index contributed by atoms with van der Waals surface area (Å²) in [5.74, 6) is -0.515. The van der Waals surface area contributed by atoms with Gasteiger partial charge in [-0.3, -0.25) is 9.59 Å². The average molecular weight is 318 g/mol. The van der Waals surface area contributed by atoms with Crippen LogP contribution < -0.4 is 5.32 Å². The maximum absolute atomic E-state index is 11.9. The minimum absolute atomic E-state index is 0.0478. The van der Waals surface area contributed by atoms with E-state index in [1.807, 2.05) is 0 Å². The van der Waals surface area contributed by atoms with Crippen LogP contribution in [0.5, 0.6) is 0 Å². The lowest BCUT2D eigenvalue weighted by molar-refractivity contribution is -0.136. The molecule has 2 rings (SSSR count). The Hall–Kier alpha value is -1.15. The summed E-state index contributed by atoms with van der Waals surface area (Å²) >= 11 is 0. The van der Waals surface area contributed by atoms with E-state index in [1.165, 1.54) is 11.8 Å². The molecule has 21 heavy (non-hydrogen) atoms. The van der Waals surface area contributed by atoms with Gasteiger partial charge in [0.1, 0.15) is 0 Å². The number of amides is 2. The van der Waals surface area contributed by atoms with Gasteiger partial charge in [0.25, 0.3) is 0 Å². The second kappa shape index (κ2) is 6.74. The second-order valence-electron chi connectivity index (χ2n) is 5.64. The maximum atomic E-state index is 11.9. The first-order valence-corrected chi connectivity index (χ1v) is 9.05. The summed E-state index contributed by atoms with van der Waals surface area (Å²) in [4.78, 5) is 24.9. The molecule has 2 amide bonds. The van der Waals surface area contributed by atoms with Crippen molar-refractivity contribution in [3.05, 3.63) is 0 Å². The fourth-order valence-electron chi connectivity index (χ4n) is 2.76. The number of ether oxygens (including phenoxy) is 1. The van der Waals surface area contributed by atoms with Crippen molar-refractivity contribution in [2.75, 3.05) is 31.2 Å². The van der Waals surface area contributed by atoms with E-state index in [1.54, 1.807) is 0 Å². The van der Waals surface area contributed by atoms with Gasteiger partial charge in [-0.05, 0) is 19.3 Å². The Labute approximate surface area is 124 Å². The number of hydrogen-bond acceptors (Lipinski definition) is 5. The molecule has 0 aromatic rings. The molecule has 8 heteroatoms. The number of nitrogens with zero attached hydrogens (tertiary/aromatic N) is 1. The van der Waals surface area contributed by atoms with Crippen LogP contribution in [0.2, 0.25) is 0 Å². The van der Waals surface area contributed by atoms with Crippen LogP contribution >= 0.6 is 0 Å². The van der Waals surface area contributed by atoms with E-state index >= 15 is 0 Å². The molecular weight excluding hydrogens is 296 g/mol. The van der Waals surface area contributed by atoms with E-state index in [0.29, 0.717) is 13.0 Å². The third-order valence-electron chi connectivity index (χ3n) is 3.92. The van der Waals surface area contributed by atoms with E-state index < -0.39 is 9.84 Å². The van der Waals surface area contributed by atoms with Gasteiger partial charge in [0.2, 0.25) is 11.8 Å². The van der Waals surface area contributed by atoms with Gasteiger partial charge in [-0.25, -0.2) is 8.42 Å². The van der Waals surface area contributed by atoms with Crippen molar-refractivity contribution in [1.82, 2.24) is 10.2 Å². The zero-order chi connectivity index (χ0) is 15.5. The normalized spacial score (nSPS) is 27.5. The van der Waals surface area contributed by atoms with Gasteiger partial charge in [-0.15, -0.1) is 0 Å². The highest BCUT2D eigenvalue weighted by Crippen LogP contribution is 2.17. The summed E-state index contributed by atoms with van der Waals surface area (Å²) in [5.41, 5.74) is 0. The maximum Gasteiger partial charge on any atom is 0.239 e. The van der Waals surface area contributed by atoms with Crippen LogP contribution in [0, 0.1) is 0 Å². The molecule has 1 N–H and O–H groups in total. The predicted octanol–water partition coefficient (Wildman–Crippen LogP) is -0.683. The molecule has 2 heterocycles. The predicted molar refractivity (Wildman–Crippen MR) is 76.4 cm³/mol. The van der Waals surface area contributed by atoms with Gasteiger partial charge < -0.3 is 15.0 Å². The molecule has 7 nitrogen and oxygen atoms in total. The van der Waals surface area contributed by atoms with E-state index in [4.69, 9.17) is 4.74 Å². The van der Waals surface area contributed by atoms with Crippen LogP contribution in [0.4, 0.5) is 0 Å². The summed E-state index contributed by atoms with van der Waals surface area (Å²) in [5, 5.41) is 2.75. The number of hydrogen-bond donors (Lipinski definition) is 1. The standard InChI is InChI=1S/C13H22N2O5S/c1-10(16)15(11-4-6-21(18,19)9-11)8-13(17)14-7-12-3-2-5-20-12/h11-12H,2-9H2,1H3,(H,14,17). The van der Waals surface area contributed by atoms with Crippen molar-refractivity contribution < 1.29 is 22.7 Å². The Balaban J connectivity index is 1.84. The first-order valence-electron chi connectivity index (χ1n) is 7.23. The summed E-state index contributed by atoms with van der Waals surface area (Å²) in [6.07, 6.45) is 2.38. The SMILES string of the molecule is CC(=O)N(CC(=O)NCC1CCCO1)C1CCS(=O)(=O)C1. The smallest absolute Gasteiger partial charge is 0.239 e. The zero-order valence-electron chi connectivity index (χ0n) is 12.2. The Morgan fingerprint density at radius 1 is 1.33 bits per heavy atom. The van der Waals surface area contributed by atoms with Crippen LogP contribution in [0.25, 0.3) is 0 Å². The molecule has 2 unspecified atom stereocenters. The Morgan fingerprint density at radius 3 is 2.62 bits per heavy atom. The Morgan fingerprint density at radius 2 is 2.10 bits per heavy atom. The van der Waals surface area contributed by atoms with E-state index in [9.17, 15) is 18.0 Å². The summed E-state index contributed by atoms with van der Waals surface area (Å²) in [6, 6.07) is -0.388. The molecule has 0 saturated carbocycles. The topological polar surface area (TPSA) is 92.8 Å². The fraction of sp³-hybridized carbons (Fsp3) is 0.846. The summed E-state index contributed by atoms with van der Waals surface area (Å²) in [7, 11) is -3.08. The molecule has 0 bridgehead atoms. The number of carbonyl (C=O) groups is 2. The monoisotopic (exact) mass is 318 g/mol. The van der Waals surface area contributed by atoms with Crippen molar-refractivity contribution in [2.45, 2.75) is 38.3 Å². The average Bonchev–Trinajstić information content (AvgIpc) is 3.02. The molecule has 2 fully saturated rings. The molecule has 120 valence electrons. The van der Waals surface area contributed by atoms with Gasteiger partial charge in [-0.1, -0.05) is 0 Å². The van der Waals surface area contributed by atoms with Crippen molar-refractivity contribution in [1.29, 1.82) is 0 Å². The van der Waals surface area contributed by atoms with Gasteiger partial charge in [-0.2, -0.15) is 0 Å². The fourth-order valence-corrected chi connectivity index (χ4v) is 4.49. The lowest BCUT2D eigenvalue weighted by Crippen LogP contribution is -2.47. The Kier molecular flexibility index (Phi) is 5.21. The molecule has 2 aliphatic heterocycles. The van der Waals surface area contributed by atoms with Gasteiger partial charge >= 0.3 is 0 Å². The molecule has 2 atom stereocenters. The van der Waals surface area contributed by atoms with Gasteiger partial charge in [0, 0.05) is 26.1 Å². The van der Waals surface area contributed by atoms with Crippen LogP contribution in [0.1, 0.15) is 26.2 Å². The van der Waals surface area contributed by atoms with Crippen LogP contribution in [0.15, 0.2) is 0 Å². The minimum atomic E-state index is -3.08. The third-order valence-corrected chi connectivity index (χ3v) is 5.67. The number of nitrogens with one attached hydrogen (secondary N) is 1. The van der Waals surface area contributed by atoms with Crippen LogP contribution in [0.3, 0.4) is 0 Å². The molecule has 0 aromatic carbocycles. The van der Waals surface area contributed by atoms with Crippen LogP contribution in [-0.2, 0) is 24.2 Å². The van der Waals surface area contributed by atoms with Gasteiger partial charge in [0.05, 0.1) is 24.2 Å². The van der Waals surface area contributed by atoms with E-state index in [0.717, 1.165) is 19.4 Å². The molecule has 0 aromatic heterocycles. The Bertz CT molecular complexity index is 499. The highest BCUT2D eigenvalue weighted by atomic mass is 32.2. The molecule has 0 aliphatic carbocycles. The lowest BCUT2D eigenvalue weighted by Gasteiger charge is -2.26. The van der Waals surface area contributed by atoms with Crippen molar-refractivity contribution in [3.63, 3.8) is 0 Å². The number of rotatable bonds is 5. The first kappa shape index (κ1) is 16.2. The van der Waals surface area contributed by atoms with Gasteiger partial charge in [0.15, 0.2) is 9.84 Å². The molecule has 0 spiro atoms. The molecule has 2 saturated heterocycles. The van der Waals surface area contributed by atoms with E-state index in [-0.39, 0.29) is 42.0 Å². The largest absolute Gasteiger partial charge is 0.376 e. The van der Waals surface area contributed by atoms with Crippen LogP contribution in [-0.4, -0.2) is 68.5 Å².